The lowest BCUT2D eigenvalue weighted by Gasteiger charge is -2.21. The lowest BCUT2D eigenvalue weighted by Crippen LogP contribution is -2.31. The number of benzene rings is 1. The van der Waals surface area contributed by atoms with E-state index in [0.29, 0.717) is 22.7 Å². The van der Waals surface area contributed by atoms with Gasteiger partial charge in [0.2, 0.25) is 5.91 Å². The van der Waals surface area contributed by atoms with Crippen LogP contribution in [0.1, 0.15) is 32.1 Å². The molecule has 1 aromatic carbocycles. The highest BCUT2D eigenvalue weighted by atomic mass is 32.2. The van der Waals surface area contributed by atoms with Crippen molar-refractivity contribution in [1.29, 1.82) is 0 Å². The molecular formula is C23H27N5O2S. The van der Waals surface area contributed by atoms with Gasteiger partial charge in [-0.25, -0.2) is 0 Å². The van der Waals surface area contributed by atoms with E-state index in [-0.39, 0.29) is 5.91 Å². The second kappa shape index (κ2) is 10.4. The highest BCUT2D eigenvalue weighted by Gasteiger charge is 2.18. The number of hydrogen-bond donors (Lipinski definition) is 1. The Hall–Kier alpha value is -2.87. The number of pyridine rings is 1. The molecule has 0 atom stereocenters. The van der Waals surface area contributed by atoms with Crippen LogP contribution in [-0.4, -0.2) is 45.1 Å². The van der Waals surface area contributed by atoms with Gasteiger partial charge in [-0.2, -0.15) is 0 Å². The molecule has 1 aliphatic carbocycles. The summed E-state index contributed by atoms with van der Waals surface area (Å²) in [4.78, 5) is 16.5. The molecule has 4 rings (SSSR count). The summed E-state index contributed by atoms with van der Waals surface area (Å²) in [5.41, 5.74) is 1.81. The third-order valence-electron chi connectivity index (χ3n) is 5.55. The van der Waals surface area contributed by atoms with Crippen molar-refractivity contribution in [2.75, 3.05) is 19.4 Å². The van der Waals surface area contributed by atoms with E-state index in [4.69, 9.17) is 4.74 Å². The van der Waals surface area contributed by atoms with Crippen LogP contribution in [0.3, 0.4) is 0 Å². The summed E-state index contributed by atoms with van der Waals surface area (Å²) in [5.74, 6) is 2.43. The van der Waals surface area contributed by atoms with Crippen molar-refractivity contribution < 1.29 is 9.53 Å². The number of hydrogen-bond acceptors (Lipinski definition) is 6. The van der Waals surface area contributed by atoms with Crippen molar-refractivity contribution in [2.45, 2.75) is 37.3 Å². The van der Waals surface area contributed by atoms with Crippen molar-refractivity contribution in [1.82, 2.24) is 25.1 Å². The zero-order valence-electron chi connectivity index (χ0n) is 17.7. The third kappa shape index (κ3) is 5.44. The van der Waals surface area contributed by atoms with Crippen LogP contribution in [0, 0.1) is 5.92 Å². The van der Waals surface area contributed by atoms with Gasteiger partial charge in [0.15, 0.2) is 11.0 Å². The number of ether oxygens (including phenoxy) is 1. The molecule has 2 aromatic heterocycles. The van der Waals surface area contributed by atoms with Gasteiger partial charge in [-0.15, -0.1) is 10.2 Å². The number of methoxy groups -OCH3 is 1. The summed E-state index contributed by atoms with van der Waals surface area (Å²) in [5, 5.41) is 12.5. The molecule has 0 saturated heterocycles. The van der Waals surface area contributed by atoms with Crippen molar-refractivity contribution in [3.8, 4) is 22.8 Å². The van der Waals surface area contributed by atoms with Gasteiger partial charge in [0.1, 0.15) is 5.75 Å². The average Bonchev–Trinajstić information content (AvgIpc) is 3.26. The largest absolute Gasteiger partial charge is 0.497 e. The summed E-state index contributed by atoms with van der Waals surface area (Å²) >= 11 is 1.39. The van der Waals surface area contributed by atoms with Crippen molar-refractivity contribution in [2.24, 2.45) is 5.92 Å². The molecule has 1 fully saturated rings. The van der Waals surface area contributed by atoms with E-state index in [9.17, 15) is 4.79 Å². The minimum atomic E-state index is 0.0327. The normalized spacial score (nSPS) is 14.4. The Bertz CT molecular complexity index is 985. The zero-order valence-corrected chi connectivity index (χ0v) is 18.5. The first-order chi connectivity index (χ1) is 15.2. The van der Waals surface area contributed by atoms with Gasteiger partial charge in [0.25, 0.3) is 0 Å². The molecule has 1 aliphatic rings. The lowest BCUT2D eigenvalue weighted by atomic mass is 9.89. The van der Waals surface area contributed by atoms with Crippen LogP contribution in [0.5, 0.6) is 5.75 Å². The molecule has 8 heteroatoms. The van der Waals surface area contributed by atoms with Gasteiger partial charge in [-0.3, -0.25) is 14.3 Å². The Morgan fingerprint density at radius 1 is 1.10 bits per heavy atom. The maximum Gasteiger partial charge on any atom is 0.230 e. The fraction of sp³-hybridized carbons (Fsp3) is 0.391. The number of carbonyl (C=O) groups excluding carboxylic acids is 1. The van der Waals surface area contributed by atoms with Gasteiger partial charge < -0.3 is 10.1 Å². The predicted octanol–water partition coefficient (Wildman–Crippen LogP) is 4.13. The Morgan fingerprint density at radius 2 is 1.84 bits per heavy atom. The minimum Gasteiger partial charge on any atom is -0.497 e. The summed E-state index contributed by atoms with van der Waals surface area (Å²) < 4.78 is 7.25. The first kappa shape index (κ1) is 21.4. The molecule has 1 saturated carbocycles. The topological polar surface area (TPSA) is 81.9 Å². The van der Waals surface area contributed by atoms with E-state index < -0.39 is 0 Å². The van der Waals surface area contributed by atoms with Crippen molar-refractivity contribution in [3.05, 3.63) is 48.8 Å². The van der Waals surface area contributed by atoms with Crippen LogP contribution in [0.25, 0.3) is 17.1 Å². The highest BCUT2D eigenvalue weighted by Crippen LogP contribution is 2.29. The summed E-state index contributed by atoms with van der Waals surface area (Å²) in [6.07, 6.45) is 9.77. The Kier molecular flexibility index (Phi) is 7.19. The molecular weight excluding hydrogens is 410 g/mol. The summed E-state index contributed by atoms with van der Waals surface area (Å²) in [6.45, 7) is 0.771. The van der Waals surface area contributed by atoms with E-state index >= 15 is 0 Å². The van der Waals surface area contributed by atoms with Crippen molar-refractivity contribution in [3.63, 3.8) is 0 Å². The van der Waals surface area contributed by atoms with Gasteiger partial charge in [-0.05, 0) is 55.2 Å². The SMILES string of the molecule is COc1ccc(-n2c(SCC(=O)NCC3CCCCC3)nnc2-c2ccncc2)cc1. The monoisotopic (exact) mass is 437 g/mol. The van der Waals surface area contributed by atoms with Crippen LogP contribution in [-0.2, 0) is 4.79 Å². The maximum atomic E-state index is 12.5. The smallest absolute Gasteiger partial charge is 0.230 e. The van der Waals surface area contributed by atoms with Crippen LogP contribution >= 0.6 is 11.8 Å². The molecule has 0 spiro atoms. The van der Waals surface area contributed by atoms with Gasteiger partial charge >= 0.3 is 0 Å². The second-order valence-corrected chi connectivity index (χ2v) is 8.61. The quantitative estimate of drug-likeness (QED) is 0.534. The molecule has 7 nitrogen and oxygen atoms in total. The van der Waals surface area contributed by atoms with Crippen LogP contribution in [0.15, 0.2) is 53.9 Å². The molecule has 0 unspecified atom stereocenters. The standard InChI is InChI=1S/C23H27N5O2S/c1-30-20-9-7-19(8-10-20)28-22(18-11-13-24-14-12-18)26-27-23(28)31-16-21(29)25-15-17-5-3-2-4-6-17/h7-14,17H,2-6,15-16H2,1H3,(H,25,29). The van der Waals surface area contributed by atoms with E-state index in [0.717, 1.165) is 23.5 Å². The molecule has 162 valence electrons. The molecule has 1 N–H and O–H groups in total. The van der Waals surface area contributed by atoms with E-state index in [1.165, 1.54) is 43.9 Å². The number of aromatic nitrogens is 4. The maximum absolute atomic E-state index is 12.5. The van der Waals surface area contributed by atoms with Crippen molar-refractivity contribution >= 4 is 17.7 Å². The molecule has 31 heavy (non-hydrogen) atoms. The van der Waals surface area contributed by atoms with Gasteiger partial charge in [0.05, 0.1) is 12.9 Å². The van der Waals surface area contributed by atoms with Crippen LogP contribution in [0.2, 0.25) is 0 Å². The number of nitrogens with one attached hydrogen (secondary N) is 1. The Morgan fingerprint density at radius 3 is 2.55 bits per heavy atom. The average molecular weight is 438 g/mol. The van der Waals surface area contributed by atoms with Gasteiger partial charge in [-0.1, -0.05) is 31.0 Å². The fourth-order valence-electron chi connectivity index (χ4n) is 3.85. The molecule has 0 bridgehead atoms. The van der Waals surface area contributed by atoms with E-state index in [1.807, 2.05) is 41.0 Å². The first-order valence-corrected chi connectivity index (χ1v) is 11.6. The second-order valence-electron chi connectivity index (χ2n) is 7.67. The number of thioether (sulfide) groups is 1. The van der Waals surface area contributed by atoms with Crippen LogP contribution < -0.4 is 10.1 Å². The van der Waals surface area contributed by atoms with Gasteiger partial charge in [0, 0.05) is 30.2 Å². The van der Waals surface area contributed by atoms with E-state index in [2.05, 4.69) is 20.5 Å². The Labute approximate surface area is 186 Å². The number of nitrogens with zero attached hydrogens (tertiary/aromatic N) is 4. The number of rotatable bonds is 8. The predicted molar refractivity (Wildman–Crippen MR) is 121 cm³/mol. The third-order valence-corrected chi connectivity index (χ3v) is 6.48. The highest BCUT2D eigenvalue weighted by molar-refractivity contribution is 7.99. The molecule has 0 radical (unpaired) electrons. The molecule has 1 amide bonds. The van der Waals surface area contributed by atoms with E-state index in [1.54, 1.807) is 19.5 Å². The molecule has 0 aliphatic heterocycles. The minimum absolute atomic E-state index is 0.0327. The summed E-state index contributed by atoms with van der Waals surface area (Å²) in [6, 6.07) is 11.5. The van der Waals surface area contributed by atoms with Crippen LogP contribution in [0.4, 0.5) is 0 Å². The molecule has 2 heterocycles. The first-order valence-electron chi connectivity index (χ1n) is 10.6. The lowest BCUT2D eigenvalue weighted by molar-refractivity contribution is -0.118. The number of carbonyl (C=O) groups is 1. The summed E-state index contributed by atoms with van der Waals surface area (Å²) in [7, 11) is 1.64. The number of amides is 1. The Balaban J connectivity index is 1.50. The zero-order chi connectivity index (χ0) is 21.5. The fourth-order valence-corrected chi connectivity index (χ4v) is 4.63. The molecule has 3 aromatic rings.